The Morgan fingerprint density at radius 1 is 1.29 bits per heavy atom. The number of nitrogens with one attached hydrogen (secondary N) is 1. The molecule has 0 spiro atoms. The normalized spacial score (nSPS) is 14.1. The minimum absolute atomic E-state index is 0. The maximum absolute atomic E-state index is 4.79. The second-order valence-electron chi connectivity index (χ2n) is 5.96. The summed E-state index contributed by atoms with van der Waals surface area (Å²) in [6.45, 7) is 8.56. The van der Waals surface area contributed by atoms with E-state index in [1.54, 1.807) is 0 Å². The van der Waals surface area contributed by atoms with Crippen molar-refractivity contribution in [3.63, 3.8) is 0 Å². The van der Waals surface area contributed by atoms with Crippen molar-refractivity contribution in [1.82, 2.24) is 20.0 Å². The van der Waals surface area contributed by atoms with Gasteiger partial charge < -0.3 is 10.2 Å². The van der Waals surface area contributed by atoms with Crippen LogP contribution in [0.2, 0.25) is 0 Å². The summed E-state index contributed by atoms with van der Waals surface area (Å²) in [6, 6.07) is 8.70. The summed E-state index contributed by atoms with van der Waals surface area (Å²) in [7, 11) is 0. The Balaban J connectivity index is 0.00000208. The van der Waals surface area contributed by atoms with Crippen LogP contribution in [0.4, 0.5) is 0 Å². The number of rotatable bonds is 4. The van der Waals surface area contributed by atoms with Crippen LogP contribution >= 0.6 is 24.0 Å². The third-order valence-corrected chi connectivity index (χ3v) is 4.12. The van der Waals surface area contributed by atoms with Crippen molar-refractivity contribution >= 4 is 29.9 Å². The molecule has 0 amide bonds. The smallest absolute Gasteiger partial charge is 0.194 e. The predicted octanol–water partition coefficient (Wildman–Crippen LogP) is 2.83. The molecule has 1 aromatic heterocycles. The molecule has 0 bridgehead atoms. The molecule has 0 aliphatic carbocycles. The summed E-state index contributed by atoms with van der Waals surface area (Å²) in [6.07, 6.45) is 5.02. The van der Waals surface area contributed by atoms with E-state index >= 15 is 0 Å². The molecule has 0 fully saturated rings. The average Bonchev–Trinajstić information content (AvgIpc) is 2.99. The SMILES string of the molecule is CCNC(=NCCn1cc(C)cn1)N1CCc2ccccc2C1.I. The van der Waals surface area contributed by atoms with Crippen molar-refractivity contribution in [3.05, 3.63) is 53.3 Å². The lowest BCUT2D eigenvalue weighted by molar-refractivity contribution is 0.378. The van der Waals surface area contributed by atoms with Gasteiger partial charge in [-0.1, -0.05) is 24.3 Å². The predicted molar refractivity (Wildman–Crippen MR) is 109 cm³/mol. The number of aliphatic imine (C=N–C) groups is 1. The summed E-state index contributed by atoms with van der Waals surface area (Å²) in [5.74, 6) is 1.01. The average molecular weight is 439 g/mol. The van der Waals surface area contributed by atoms with Crippen LogP contribution in [-0.4, -0.2) is 40.3 Å². The minimum Gasteiger partial charge on any atom is -0.357 e. The number of guanidine groups is 1. The van der Waals surface area contributed by atoms with Crippen LogP contribution in [0.15, 0.2) is 41.7 Å². The van der Waals surface area contributed by atoms with E-state index in [1.165, 1.54) is 16.7 Å². The summed E-state index contributed by atoms with van der Waals surface area (Å²) in [5, 5.41) is 7.74. The molecule has 0 saturated carbocycles. The number of hydrogen-bond donors (Lipinski definition) is 1. The molecule has 6 heteroatoms. The second kappa shape index (κ2) is 9.05. The third kappa shape index (κ3) is 4.72. The Morgan fingerprint density at radius 3 is 2.79 bits per heavy atom. The van der Waals surface area contributed by atoms with Crippen LogP contribution in [0.25, 0.3) is 0 Å². The molecule has 1 aliphatic heterocycles. The van der Waals surface area contributed by atoms with Gasteiger partial charge in [-0.2, -0.15) is 5.10 Å². The molecule has 2 heterocycles. The van der Waals surface area contributed by atoms with Crippen LogP contribution in [-0.2, 0) is 19.5 Å². The van der Waals surface area contributed by atoms with Gasteiger partial charge in [0, 0.05) is 25.8 Å². The standard InChI is InChI=1S/C18H25N5.HI/c1-3-19-18(20-9-11-23-13-15(2)12-21-23)22-10-8-16-6-4-5-7-17(16)14-22;/h4-7,12-13H,3,8-11,14H2,1-2H3,(H,19,20);1H. The molecule has 1 aliphatic rings. The van der Waals surface area contributed by atoms with Crippen LogP contribution in [0.3, 0.4) is 0 Å². The van der Waals surface area contributed by atoms with Gasteiger partial charge >= 0.3 is 0 Å². The molecule has 1 aromatic carbocycles. The van der Waals surface area contributed by atoms with E-state index in [-0.39, 0.29) is 24.0 Å². The van der Waals surface area contributed by atoms with Crippen molar-refractivity contribution in [2.45, 2.75) is 33.4 Å². The highest BCUT2D eigenvalue weighted by Crippen LogP contribution is 2.18. The van der Waals surface area contributed by atoms with E-state index in [2.05, 4.69) is 59.6 Å². The minimum atomic E-state index is 0. The van der Waals surface area contributed by atoms with E-state index in [4.69, 9.17) is 4.99 Å². The lowest BCUT2D eigenvalue weighted by atomic mass is 10.0. The molecule has 24 heavy (non-hydrogen) atoms. The highest BCUT2D eigenvalue weighted by molar-refractivity contribution is 14.0. The van der Waals surface area contributed by atoms with Gasteiger partial charge in [0.2, 0.25) is 0 Å². The molecule has 3 rings (SSSR count). The van der Waals surface area contributed by atoms with Gasteiger partial charge in [-0.25, -0.2) is 0 Å². The molecule has 0 unspecified atom stereocenters. The van der Waals surface area contributed by atoms with Gasteiger partial charge in [0.05, 0.1) is 19.3 Å². The Morgan fingerprint density at radius 2 is 2.08 bits per heavy atom. The first kappa shape index (κ1) is 18.8. The number of halogens is 1. The maximum atomic E-state index is 4.79. The number of benzene rings is 1. The quantitative estimate of drug-likeness (QED) is 0.453. The molecular formula is C18H26IN5. The monoisotopic (exact) mass is 439 g/mol. The lowest BCUT2D eigenvalue weighted by Gasteiger charge is -2.31. The van der Waals surface area contributed by atoms with Crippen LogP contribution < -0.4 is 5.32 Å². The van der Waals surface area contributed by atoms with Crippen molar-refractivity contribution in [2.75, 3.05) is 19.6 Å². The number of fused-ring (bicyclic) bond motifs is 1. The first-order valence-electron chi connectivity index (χ1n) is 8.35. The van der Waals surface area contributed by atoms with Gasteiger partial charge in [0.25, 0.3) is 0 Å². The molecular weight excluding hydrogens is 413 g/mol. The first-order valence-corrected chi connectivity index (χ1v) is 8.35. The second-order valence-corrected chi connectivity index (χ2v) is 5.96. The molecule has 0 radical (unpaired) electrons. The van der Waals surface area contributed by atoms with Crippen molar-refractivity contribution in [1.29, 1.82) is 0 Å². The van der Waals surface area contributed by atoms with Gasteiger partial charge in [-0.15, -0.1) is 24.0 Å². The fraction of sp³-hybridized carbons (Fsp3) is 0.444. The number of aryl methyl sites for hydroxylation is 1. The van der Waals surface area contributed by atoms with Crippen LogP contribution in [0.1, 0.15) is 23.6 Å². The highest BCUT2D eigenvalue weighted by atomic mass is 127. The van der Waals surface area contributed by atoms with E-state index in [0.29, 0.717) is 0 Å². The van der Waals surface area contributed by atoms with Crippen molar-refractivity contribution < 1.29 is 0 Å². The maximum Gasteiger partial charge on any atom is 0.194 e. The number of hydrogen-bond acceptors (Lipinski definition) is 2. The number of nitrogens with zero attached hydrogens (tertiary/aromatic N) is 4. The molecule has 0 atom stereocenters. The van der Waals surface area contributed by atoms with E-state index < -0.39 is 0 Å². The molecule has 1 N–H and O–H groups in total. The van der Waals surface area contributed by atoms with E-state index in [1.807, 2.05) is 10.9 Å². The van der Waals surface area contributed by atoms with Crippen molar-refractivity contribution in [3.8, 4) is 0 Å². The molecule has 5 nitrogen and oxygen atoms in total. The Bertz CT molecular complexity index is 680. The van der Waals surface area contributed by atoms with Gasteiger partial charge in [0.1, 0.15) is 0 Å². The summed E-state index contributed by atoms with van der Waals surface area (Å²) >= 11 is 0. The fourth-order valence-corrected chi connectivity index (χ4v) is 2.95. The third-order valence-electron chi connectivity index (χ3n) is 4.12. The fourth-order valence-electron chi connectivity index (χ4n) is 2.95. The number of aromatic nitrogens is 2. The van der Waals surface area contributed by atoms with E-state index in [9.17, 15) is 0 Å². The summed E-state index contributed by atoms with van der Waals surface area (Å²) in [4.78, 5) is 7.13. The summed E-state index contributed by atoms with van der Waals surface area (Å²) in [5.41, 5.74) is 4.06. The zero-order valence-electron chi connectivity index (χ0n) is 14.4. The van der Waals surface area contributed by atoms with Crippen molar-refractivity contribution in [2.24, 2.45) is 4.99 Å². The largest absolute Gasteiger partial charge is 0.357 e. The van der Waals surface area contributed by atoms with Crippen LogP contribution in [0, 0.1) is 6.92 Å². The zero-order chi connectivity index (χ0) is 16.1. The first-order chi connectivity index (χ1) is 11.3. The zero-order valence-corrected chi connectivity index (χ0v) is 16.7. The summed E-state index contributed by atoms with van der Waals surface area (Å²) < 4.78 is 1.95. The molecule has 130 valence electrons. The Labute approximate surface area is 161 Å². The highest BCUT2D eigenvalue weighted by Gasteiger charge is 2.18. The molecule has 2 aromatic rings. The van der Waals surface area contributed by atoms with Gasteiger partial charge in [-0.3, -0.25) is 9.67 Å². The topological polar surface area (TPSA) is 45.5 Å². The lowest BCUT2D eigenvalue weighted by Crippen LogP contribution is -2.44. The Hall–Kier alpha value is -1.57. The van der Waals surface area contributed by atoms with Crippen LogP contribution in [0.5, 0.6) is 0 Å². The van der Waals surface area contributed by atoms with E-state index in [0.717, 1.165) is 45.1 Å². The molecule has 0 saturated heterocycles. The Kier molecular flexibility index (Phi) is 7.08. The van der Waals surface area contributed by atoms with Gasteiger partial charge in [0.15, 0.2) is 5.96 Å². The van der Waals surface area contributed by atoms with Gasteiger partial charge in [-0.05, 0) is 37.0 Å².